The number of rotatable bonds is 0. The lowest BCUT2D eigenvalue weighted by molar-refractivity contribution is 0.151. The van der Waals surface area contributed by atoms with E-state index in [1.807, 2.05) is 0 Å². The second-order valence-electron chi connectivity index (χ2n) is 1.64. The first kappa shape index (κ1) is 5.06. The molecular formula is C5H10NO. The molecule has 0 aromatic rings. The average Bonchev–Trinajstić information content (AvgIpc) is 1.90. The minimum Gasteiger partial charge on any atom is -0.380 e. The summed E-state index contributed by atoms with van der Waals surface area (Å²) in [6.45, 7) is 3.64. The molecule has 0 aliphatic carbocycles. The zero-order valence-corrected chi connectivity index (χ0v) is 4.39. The van der Waals surface area contributed by atoms with Crippen LogP contribution in [0.2, 0.25) is 0 Å². The molecule has 7 heavy (non-hydrogen) atoms. The Kier molecular flexibility index (Phi) is 2.17. The van der Waals surface area contributed by atoms with Crippen molar-refractivity contribution in [2.24, 2.45) is 0 Å². The van der Waals surface area contributed by atoms with E-state index in [4.69, 9.17) is 4.74 Å². The monoisotopic (exact) mass is 100 g/mol. The summed E-state index contributed by atoms with van der Waals surface area (Å²) >= 11 is 0. The molecule has 0 aromatic carbocycles. The third-order valence-corrected chi connectivity index (χ3v) is 0.999. The molecule has 2 nitrogen and oxygen atoms in total. The summed E-state index contributed by atoms with van der Waals surface area (Å²) in [7, 11) is 0. The largest absolute Gasteiger partial charge is 0.380 e. The summed E-state index contributed by atoms with van der Waals surface area (Å²) in [6.07, 6.45) is 1.11. The maximum atomic E-state index is 5.10. The second-order valence-corrected chi connectivity index (χ2v) is 1.64. The fourth-order valence-corrected chi connectivity index (χ4v) is 0.621. The summed E-state index contributed by atoms with van der Waals surface area (Å²) in [5.41, 5.74) is 0. The van der Waals surface area contributed by atoms with Crippen molar-refractivity contribution < 1.29 is 4.74 Å². The van der Waals surface area contributed by atoms with Crippen LogP contribution in [0.1, 0.15) is 6.42 Å². The minimum absolute atomic E-state index is 0.833. The van der Waals surface area contributed by atoms with E-state index in [0.29, 0.717) is 0 Å². The zero-order chi connectivity index (χ0) is 4.95. The average molecular weight is 100 g/mol. The second kappa shape index (κ2) is 2.99. The van der Waals surface area contributed by atoms with Gasteiger partial charge in [-0.3, -0.25) is 0 Å². The van der Waals surface area contributed by atoms with Crippen LogP contribution in [0.3, 0.4) is 0 Å². The van der Waals surface area contributed by atoms with Gasteiger partial charge in [-0.25, -0.2) is 5.32 Å². The van der Waals surface area contributed by atoms with Crippen molar-refractivity contribution in [1.29, 1.82) is 0 Å². The molecule has 0 N–H and O–H groups in total. The smallest absolute Gasteiger partial charge is 0.0607 e. The fraction of sp³-hybridized carbons (Fsp3) is 1.00. The molecule has 1 saturated heterocycles. The topological polar surface area (TPSA) is 23.3 Å². The van der Waals surface area contributed by atoms with Crippen LogP contribution in [-0.4, -0.2) is 26.3 Å². The molecule has 0 spiro atoms. The Labute approximate surface area is 43.9 Å². The number of ether oxygens (including phenoxy) is 1. The van der Waals surface area contributed by atoms with Crippen molar-refractivity contribution in [3.8, 4) is 0 Å². The van der Waals surface area contributed by atoms with Crippen molar-refractivity contribution >= 4 is 0 Å². The highest BCUT2D eigenvalue weighted by Gasteiger charge is 1.95. The van der Waals surface area contributed by atoms with Gasteiger partial charge in [-0.05, 0) is 6.42 Å². The maximum absolute atomic E-state index is 5.10. The normalized spacial score (nSPS) is 24.0. The molecule has 1 fully saturated rings. The van der Waals surface area contributed by atoms with Gasteiger partial charge in [-0.15, -0.1) is 0 Å². The molecule has 0 amide bonds. The number of nitrogens with zero attached hydrogens (tertiary/aromatic N) is 1. The van der Waals surface area contributed by atoms with Crippen LogP contribution in [0.25, 0.3) is 0 Å². The van der Waals surface area contributed by atoms with Crippen LogP contribution in [-0.2, 0) is 4.74 Å². The lowest BCUT2D eigenvalue weighted by atomic mass is 10.5. The molecule has 0 saturated carbocycles. The van der Waals surface area contributed by atoms with Gasteiger partial charge in [-0.2, -0.15) is 0 Å². The van der Waals surface area contributed by atoms with E-state index in [1.54, 1.807) is 0 Å². The molecule has 1 rings (SSSR count). The highest BCUT2D eigenvalue weighted by molar-refractivity contribution is 4.49. The van der Waals surface area contributed by atoms with Crippen LogP contribution >= 0.6 is 0 Å². The molecule has 41 valence electrons. The van der Waals surface area contributed by atoms with Gasteiger partial charge in [0, 0.05) is 19.7 Å². The Hall–Kier alpha value is -0.0800. The Balaban J connectivity index is 2.04. The summed E-state index contributed by atoms with van der Waals surface area (Å²) in [5.74, 6) is 0. The molecule has 2 heteroatoms. The van der Waals surface area contributed by atoms with Crippen LogP contribution in [0.4, 0.5) is 0 Å². The van der Waals surface area contributed by atoms with E-state index in [2.05, 4.69) is 5.32 Å². The van der Waals surface area contributed by atoms with Gasteiger partial charge >= 0.3 is 0 Å². The van der Waals surface area contributed by atoms with Crippen LogP contribution in [0, 0.1) is 0 Å². The first-order valence-electron chi connectivity index (χ1n) is 2.71. The predicted molar refractivity (Wildman–Crippen MR) is 27.3 cm³/mol. The Morgan fingerprint density at radius 2 is 2.14 bits per heavy atom. The van der Waals surface area contributed by atoms with Crippen LogP contribution in [0.15, 0.2) is 0 Å². The third kappa shape index (κ3) is 1.90. The van der Waals surface area contributed by atoms with Crippen molar-refractivity contribution in [2.75, 3.05) is 26.3 Å². The lowest BCUT2D eigenvalue weighted by Gasteiger charge is -1.90. The molecule has 1 radical (unpaired) electrons. The minimum atomic E-state index is 0.833. The summed E-state index contributed by atoms with van der Waals surface area (Å²) in [6, 6.07) is 0. The van der Waals surface area contributed by atoms with Crippen molar-refractivity contribution in [3.05, 3.63) is 0 Å². The molecule has 0 unspecified atom stereocenters. The first-order valence-corrected chi connectivity index (χ1v) is 2.71. The van der Waals surface area contributed by atoms with Gasteiger partial charge in [-0.1, -0.05) is 0 Å². The van der Waals surface area contributed by atoms with Gasteiger partial charge in [0.05, 0.1) is 6.61 Å². The summed E-state index contributed by atoms with van der Waals surface area (Å²) < 4.78 is 5.10. The van der Waals surface area contributed by atoms with E-state index in [0.717, 1.165) is 32.7 Å². The van der Waals surface area contributed by atoms with Gasteiger partial charge in [0.2, 0.25) is 0 Å². The molecule has 1 aliphatic heterocycles. The Morgan fingerprint density at radius 3 is 3.14 bits per heavy atom. The fourth-order valence-electron chi connectivity index (χ4n) is 0.621. The number of hydrogen-bond donors (Lipinski definition) is 0. The van der Waals surface area contributed by atoms with E-state index in [9.17, 15) is 0 Å². The lowest BCUT2D eigenvalue weighted by Crippen LogP contribution is -2.07. The van der Waals surface area contributed by atoms with Gasteiger partial charge in [0.25, 0.3) is 0 Å². The van der Waals surface area contributed by atoms with Crippen molar-refractivity contribution in [2.45, 2.75) is 6.42 Å². The maximum Gasteiger partial charge on any atom is 0.0607 e. The van der Waals surface area contributed by atoms with E-state index in [-0.39, 0.29) is 0 Å². The SMILES string of the molecule is C1C[N]CCOC1. The highest BCUT2D eigenvalue weighted by atomic mass is 16.5. The Bertz CT molecular complexity index is 27.7. The summed E-state index contributed by atoms with van der Waals surface area (Å²) in [5, 5.41) is 4.15. The zero-order valence-electron chi connectivity index (χ0n) is 4.39. The quantitative estimate of drug-likeness (QED) is 0.420. The van der Waals surface area contributed by atoms with Crippen molar-refractivity contribution in [1.82, 2.24) is 5.32 Å². The van der Waals surface area contributed by atoms with Gasteiger partial charge < -0.3 is 4.74 Å². The van der Waals surface area contributed by atoms with E-state index >= 15 is 0 Å². The summed E-state index contributed by atoms with van der Waals surface area (Å²) in [4.78, 5) is 0. The molecule has 1 aliphatic rings. The molecule has 0 atom stereocenters. The van der Waals surface area contributed by atoms with E-state index < -0.39 is 0 Å². The molecular weight excluding hydrogens is 90.1 g/mol. The van der Waals surface area contributed by atoms with Gasteiger partial charge in [0.1, 0.15) is 0 Å². The van der Waals surface area contributed by atoms with E-state index in [1.165, 1.54) is 0 Å². The highest BCUT2D eigenvalue weighted by Crippen LogP contribution is 1.85. The van der Waals surface area contributed by atoms with Gasteiger partial charge in [0.15, 0.2) is 0 Å². The standard InChI is InChI=1S/C5H10NO/c1-2-6-3-5-7-4-1/h1-5H2. The first-order chi connectivity index (χ1) is 3.50. The molecule has 0 bridgehead atoms. The van der Waals surface area contributed by atoms with Crippen molar-refractivity contribution in [3.63, 3.8) is 0 Å². The molecule has 0 aromatic heterocycles. The third-order valence-electron chi connectivity index (χ3n) is 0.999. The predicted octanol–water partition coefficient (Wildman–Crippen LogP) is 0.0111. The van der Waals surface area contributed by atoms with Crippen LogP contribution < -0.4 is 5.32 Å². The number of hydrogen-bond acceptors (Lipinski definition) is 1. The van der Waals surface area contributed by atoms with Crippen LogP contribution in [0.5, 0.6) is 0 Å². The molecule has 1 heterocycles. The Morgan fingerprint density at radius 1 is 1.14 bits per heavy atom.